The second-order valence-corrected chi connectivity index (χ2v) is 5.43. The van der Waals surface area contributed by atoms with Crippen LogP contribution in [0.2, 0.25) is 0 Å². The van der Waals surface area contributed by atoms with E-state index in [2.05, 4.69) is 54.9 Å². The van der Waals surface area contributed by atoms with Gasteiger partial charge in [-0.05, 0) is 31.0 Å². The highest BCUT2D eigenvalue weighted by Gasteiger charge is 2.12. The molecule has 0 atom stereocenters. The van der Waals surface area contributed by atoms with Crippen LogP contribution in [0.1, 0.15) is 23.6 Å². The average molecular weight is 276 g/mol. The van der Waals surface area contributed by atoms with E-state index in [-0.39, 0.29) is 0 Å². The molecule has 21 heavy (non-hydrogen) atoms. The molecule has 2 aromatic carbocycles. The minimum atomic E-state index is 0.685. The number of rotatable bonds is 4. The molecule has 1 aromatic heterocycles. The van der Waals surface area contributed by atoms with E-state index in [1.807, 2.05) is 18.2 Å². The van der Waals surface area contributed by atoms with Gasteiger partial charge < -0.3 is 9.98 Å². The molecule has 0 aliphatic rings. The van der Waals surface area contributed by atoms with Crippen molar-refractivity contribution in [1.29, 1.82) is 5.41 Å². The van der Waals surface area contributed by atoms with E-state index < -0.39 is 0 Å². The van der Waals surface area contributed by atoms with Crippen molar-refractivity contribution in [1.82, 2.24) is 4.57 Å². The molecule has 0 bridgehead atoms. The molecule has 0 unspecified atom stereocenters. The number of hydrogen-bond donors (Lipinski definition) is 1. The summed E-state index contributed by atoms with van der Waals surface area (Å²) in [7, 11) is 0. The summed E-state index contributed by atoms with van der Waals surface area (Å²) in [6, 6.07) is 16.7. The lowest BCUT2D eigenvalue weighted by Gasteiger charge is -2.06. The van der Waals surface area contributed by atoms with Crippen LogP contribution < -0.4 is 0 Å². The van der Waals surface area contributed by atoms with Crippen molar-refractivity contribution in [3.63, 3.8) is 0 Å². The molecule has 0 saturated carbocycles. The molecule has 1 N–H and O–H groups in total. The van der Waals surface area contributed by atoms with Crippen LogP contribution in [0.3, 0.4) is 0 Å². The molecular weight excluding hydrogens is 256 g/mol. The topological polar surface area (TPSA) is 28.8 Å². The van der Waals surface area contributed by atoms with Gasteiger partial charge in [-0.2, -0.15) is 0 Å². The molecular formula is C19H20N2. The van der Waals surface area contributed by atoms with Gasteiger partial charge in [-0.1, -0.05) is 42.5 Å². The molecule has 0 aliphatic heterocycles. The third-order valence-corrected chi connectivity index (χ3v) is 4.08. The Labute approximate surface area is 125 Å². The standard InChI is InChI=1S/C19H20N2/c1-3-21-13-17(16-10-6-7-11-19(16)21)18(20)12-15-9-5-4-8-14(15)2/h4-11,13,20H,3,12H2,1-2H3. The maximum atomic E-state index is 8.52. The summed E-state index contributed by atoms with van der Waals surface area (Å²) in [5.74, 6) is 0. The van der Waals surface area contributed by atoms with Gasteiger partial charge in [0.2, 0.25) is 0 Å². The number of hydrogen-bond acceptors (Lipinski definition) is 1. The first kappa shape index (κ1) is 13.6. The smallest absolute Gasteiger partial charge is 0.0487 e. The molecule has 2 nitrogen and oxygen atoms in total. The Morgan fingerprint density at radius 2 is 1.76 bits per heavy atom. The molecule has 106 valence electrons. The molecule has 0 amide bonds. The van der Waals surface area contributed by atoms with Crippen molar-refractivity contribution in [2.24, 2.45) is 0 Å². The summed E-state index contributed by atoms with van der Waals surface area (Å²) in [5.41, 5.74) is 5.44. The number of para-hydroxylation sites is 1. The first-order valence-electron chi connectivity index (χ1n) is 7.41. The Morgan fingerprint density at radius 1 is 1.05 bits per heavy atom. The van der Waals surface area contributed by atoms with Crippen LogP contribution in [0, 0.1) is 12.3 Å². The van der Waals surface area contributed by atoms with E-state index in [1.54, 1.807) is 0 Å². The third-order valence-electron chi connectivity index (χ3n) is 4.08. The quantitative estimate of drug-likeness (QED) is 0.676. The third kappa shape index (κ3) is 2.49. The predicted octanol–water partition coefficient (Wildman–Crippen LogP) is 4.58. The van der Waals surface area contributed by atoms with Crippen LogP contribution in [0.5, 0.6) is 0 Å². The Hall–Kier alpha value is -2.35. The fourth-order valence-electron chi connectivity index (χ4n) is 2.84. The van der Waals surface area contributed by atoms with E-state index in [4.69, 9.17) is 5.41 Å². The predicted molar refractivity (Wildman–Crippen MR) is 89.3 cm³/mol. The molecule has 1 heterocycles. The average Bonchev–Trinajstić information content (AvgIpc) is 2.88. The van der Waals surface area contributed by atoms with Crippen molar-refractivity contribution < 1.29 is 0 Å². The first-order valence-corrected chi connectivity index (χ1v) is 7.41. The Morgan fingerprint density at radius 3 is 2.52 bits per heavy atom. The van der Waals surface area contributed by atoms with Crippen molar-refractivity contribution in [3.8, 4) is 0 Å². The maximum absolute atomic E-state index is 8.52. The molecule has 0 saturated heterocycles. The number of aryl methyl sites for hydroxylation is 2. The summed E-state index contributed by atoms with van der Waals surface area (Å²) in [6.07, 6.45) is 2.80. The van der Waals surface area contributed by atoms with Gasteiger partial charge >= 0.3 is 0 Å². The van der Waals surface area contributed by atoms with Crippen LogP contribution >= 0.6 is 0 Å². The minimum absolute atomic E-state index is 0.685. The van der Waals surface area contributed by atoms with Crippen LogP contribution in [0.4, 0.5) is 0 Å². The second kappa shape index (κ2) is 5.57. The molecule has 0 radical (unpaired) electrons. The summed E-state index contributed by atoms with van der Waals surface area (Å²) in [4.78, 5) is 0. The highest BCUT2D eigenvalue weighted by Crippen LogP contribution is 2.23. The largest absolute Gasteiger partial charge is 0.347 e. The zero-order chi connectivity index (χ0) is 14.8. The molecule has 0 spiro atoms. The Bertz CT molecular complexity index is 796. The number of nitrogens with zero attached hydrogens (tertiary/aromatic N) is 1. The zero-order valence-electron chi connectivity index (χ0n) is 12.6. The Kier molecular flexibility index (Phi) is 3.61. The zero-order valence-corrected chi connectivity index (χ0v) is 12.6. The van der Waals surface area contributed by atoms with Gasteiger partial charge in [-0.3, -0.25) is 0 Å². The summed E-state index contributed by atoms with van der Waals surface area (Å²) in [5, 5.41) is 9.70. The lowest BCUT2D eigenvalue weighted by Crippen LogP contribution is -2.04. The molecule has 2 heteroatoms. The fourth-order valence-corrected chi connectivity index (χ4v) is 2.84. The fraction of sp³-hybridized carbons (Fsp3) is 0.211. The van der Waals surface area contributed by atoms with E-state index in [1.165, 1.54) is 22.0 Å². The van der Waals surface area contributed by atoms with E-state index in [0.29, 0.717) is 12.1 Å². The van der Waals surface area contributed by atoms with Gasteiger partial charge in [0.15, 0.2) is 0 Å². The lowest BCUT2D eigenvalue weighted by atomic mass is 9.99. The lowest BCUT2D eigenvalue weighted by molar-refractivity contribution is 0.797. The van der Waals surface area contributed by atoms with Gasteiger partial charge in [-0.15, -0.1) is 0 Å². The van der Waals surface area contributed by atoms with Crippen molar-refractivity contribution in [3.05, 3.63) is 71.4 Å². The Balaban J connectivity index is 2.01. The number of nitrogens with one attached hydrogen (secondary N) is 1. The number of fused-ring (bicyclic) bond motifs is 1. The van der Waals surface area contributed by atoms with E-state index >= 15 is 0 Å². The molecule has 0 fully saturated rings. The highest BCUT2D eigenvalue weighted by atomic mass is 14.9. The highest BCUT2D eigenvalue weighted by molar-refractivity contribution is 6.10. The van der Waals surface area contributed by atoms with Crippen LogP contribution in [0.25, 0.3) is 10.9 Å². The van der Waals surface area contributed by atoms with Crippen LogP contribution in [0.15, 0.2) is 54.7 Å². The van der Waals surface area contributed by atoms with Gasteiger partial charge in [0.25, 0.3) is 0 Å². The van der Waals surface area contributed by atoms with Gasteiger partial charge in [0, 0.05) is 41.3 Å². The van der Waals surface area contributed by atoms with Crippen molar-refractivity contribution in [2.75, 3.05) is 0 Å². The second-order valence-electron chi connectivity index (χ2n) is 5.43. The van der Waals surface area contributed by atoms with Gasteiger partial charge in [-0.25, -0.2) is 0 Å². The number of benzene rings is 2. The first-order chi connectivity index (χ1) is 10.2. The minimum Gasteiger partial charge on any atom is -0.347 e. The normalized spacial score (nSPS) is 11.0. The number of aromatic nitrogens is 1. The van der Waals surface area contributed by atoms with Gasteiger partial charge in [0.05, 0.1) is 0 Å². The van der Waals surface area contributed by atoms with Gasteiger partial charge in [0.1, 0.15) is 0 Å². The van der Waals surface area contributed by atoms with Crippen molar-refractivity contribution in [2.45, 2.75) is 26.8 Å². The molecule has 0 aliphatic carbocycles. The monoisotopic (exact) mass is 276 g/mol. The summed E-state index contributed by atoms with van der Waals surface area (Å²) < 4.78 is 2.22. The van der Waals surface area contributed by atoms with Crippen molar-refractivity contribution >= 4 is 16.6 Å². The van der Waals surface area contributed by atoms with Crippen LogP contribution in [-0.4, -0.2) is 10.3 Å². The van der Waals surface area contributed by atoms with E-state index in [0.717, 1.165) is 12.1 Å². The molecule has 3 rings (SSSR count). The van der Waals surface area contributed by atoms with Crippen LogP contribution in [-0.2, 0) is 13.0 Å². The van der Waals surface area contributed by atoms with E-state index in [9.17, 15) is 0 Å². The SMILES string of the molecule is CCn1cc(C(=N)Cc2ccccc2C)c2ccccc21. The maximum Gasteiger partial charge on any atom is 0.0487 e. The summed E-state index contributed by atoms with van der Waals surface area (Å²) >= 11 is 0. The molecule has 3 aromatic rings. The summed E-state index contributed by atoms with van der Waals surface area (Å²) in [6.45, 7) is 5.18.